The summed E-state index contributed by atoms with van der Waals surface area (Å²) in [6, 6.07) is 21.7. The van der Waals surface area contributed by atoms with Crippen LogP contribution in [-0.4, -0.2) is 33.2 Å². The van der Waals surface area contributed by atoms with E-state index >= 15 is 0 Å². The zero-order valence-electron chi connectivity index (χ0n) is 19.6. The number of amides is 1. The highest BCUT2D eigenvalue weighted by Gasteiger charge is 2.36. The van der Waals surface area contributed by atoms with Gasteiger partial charge in [-0.05, 0) is 47.4 Å². The number of fused-ring (bicyclic) bond motifs is 1. The zero-order chi connectivity index (χ0) is 24.5. The number of anilines is 2. The third-order valence-electron chi connectivity index (χ3n) is 5.50. The van der Waals surface area contributed by atoms with Crippen LogP contribution in [0.15, 0.2) is 72.8 Å². The molecule has 0 saturated carbocycles. The topological polar surface area (TPSA) is 84.9 Å². The largest absolute Gasteiger partial charge is 0.476 e. The van der Waals surface area contributed by atoms with Gasteiger partial charge in [-0.3, -0.25) is 9.10 Å². The van der Waals surface area contributed by atoms with Crippen LogP contribution in [0.1, 0.15) is 26.3 Å². The summed E-state index contributed by atoms with van der Waals surface area (Å²) in [6.45, 7) is 6.02. The molecule has 4 rings (SSSR count). The molecule has 0 aromatic heterocycles. The first-order valence-corrected chi connectivity index (χ1v) is 12.8. The molecule has 3 aromatic rings. The minimum absolute atomic E-state index is 0.132. The number of nitrogens with zero attached hydrogens (tertiary/aromatic N) is 1. The summed E-state index contributed by atoms with van der Waals surface area (Å²) in [7, 11) is -3.64. The van der Waals surface area contributed by atoms with E-state index in [4.69, 9.17) is 9.47 Å². The van der Waals surface area contributed by atoms with Crippen LogP contribution in [0.2, 0.25) is 0 Å². The number of ether oxygens (including phenoxy) is 2. The van der Waals surface area contributed by atoms with Crippen molar-refractivity contribution in [2.24, 2.45) is 0 Å². The molecule has 0 spiro atoms. The molecule has 34 heavy (non-hydrogen) atoms. The Morgan fingerprint density at radius 3 is 2.38 bits per heavy atom. The number of para-hydroxylation sites is 3. The molecule has 0 aliphatic carbocycles. The molecule has 3 aromatic carbocycles. The van der Waals surface area contributed by atoms with Crippen molar-refractivity contribution >= 4 is 27.3 Å². The van der Waals surface area contributed by atoms with Crippen molar-refractivity contribution in [1.82, 2.24) is 0 Å². The molecule has 1 atom stereocenters. The molecule has 0 fully saturated rings. The first-order valence-electron chi connectivity index (χ1n) is 10.9. The Hall–Kier alpha value is -3.52. The van der Waals surface area contributed by atoms with E-state index in [2.05, 4.69) is 26.1 Å². The van der Waals surface area contributed by atoms with Crippen molar-refractivity contribution in [3.63, 3.8) is 0 Å². The molecule has 178 valence electrons. The predicted octanol–water partition coefficient (Wildman–Crippen LogP) is 4.94. The summed E-state index contributed by atoms with van der Waals surface area (Å²) in [5.41, 5.74) is 1.69. The van der Waals surface area contributed by atoms with Gasteiger partial charge in [0.25, 0.3) is 5.91 Å². The van der Waals surface area contributed by atoms with E-state index in [1.807, 2.05) is 42.5 Å². The Bertz CT molecular complexity index is 1300. The first kappa shape index (κ1) is 23.6. The van der Waals surface area contributed by atoms with Crippen molar-refractivity contribution in [3.05, 3.63) is 78.4 Å². The first-order chi connectivity index (χ1) is 16.0. The minimum atomic E-state index is -3.64. The Balaban J connectivity index is 1.60. The molecule has 0 saturated heterocycles. The number of hydrogen-bond acceptors (Lipinski definition) is 5. The van der Waals surface area contributed by atoms with Gasteiger partial charge in [-0.15, -0.1) is 0 Å². The molecular weight excluding hydrogens is 452 g/mol. The van der Waals surface area contributed by atoms with E-state index in [1.165, 1.54) is 4.31 Å². The second-order valence-electron chi connectivity index (χ2n) is 9.23. The second kappa shape index (κ2) is 9.02. The molecule has 7 nitrogen and oxygen atoms in total. The molecular formula is C26H28N2O5S. The van der Waals surface area contributed by atoms with Crippen LogP contribution in [0.4, 0.5) is 11.4 Å². The number of nitrogens with one attached hydrogen (secondary N) is 1. The molecule has 1 amide bonds. The minimum Gasteiger partial charge on any atom is -0.476 e. The highest BCUT2D eigenvalue weighted by molar-refractivity contribution is 7.92. The van der Waals surface area contributed by atoms with Crippen LogP contribution in [-0.2, 0) is 20.2 Å². The average Bonchev–Trinajstić information content (AvgIpc) is 2.78. The van der Waals surface area contributed by atoms with E-state index in [1.54, 1.807) is 30.3 Å². The Kier molecular flexibility index (Phi) is 6.27. The van der Waals surface area contributed by atoms with Crippen molar-refractivity contribution in [2.75, 3.05) is 22.4 Å². The van der Waals surface area contributed by atoms with E-state index < -0.39 is 22.0 Å². The van der Waals surface area contributed by atoms with E-state index in [-0.39, 0.29) is 12.0 Å². The molecule has 8 heteroatoms. The van der Waals surface area contributed by atoms with E-state index in [0.29, 0.717) is 28.6 Å². The smallest absolute Gasteiger partial charge is 0.267 e. The maximum Gasteiger partial charge on any atom is 0.267 e. The van der Waals surface area contributed by atoms with Gasteiger partial charge < -0.3 is 14.8 Å². The number of rotatable bonds is 5. The number of carbonyl (C=O) groups is 1. The summed E-state index contributed by atoms with van der Waals surface area (Å²) in [5.74, 6) is 0.972. The van der Waals surface area contributed by atoms with Crippen LogP contribution in [0.25, 0.3) is 0 Å². The van der Waals surface area contributed by atoms with Gasteiger partial charge in [0.2, 0.25) is 10.0 Å². The normalized spacial score (nSPS) is 15.8. The Morgan fingerprint density at radius 2 is 1.71 bits per heavy atom. The lowest BCUT2D eigenvalue weighted by molar-refractivity contribution is -0.122. The lowest BCUT2D eigenvalue weighted by Crippen LogP contribution is -2.48. The van der Waals surface area contributed by atoms with E-state index in [9.17, 15) is 13.2 Å². The highest BCUT2D eigenvalue weighted by atomic mass is 32.2. The number of hydrogen-bond donors (Lipinski definition) is 1. The molecule has 1 heterocycles. The standard InChI is InChI=1S/C26H28N2O5S/c1-26(2,3)18-14-15-23-21(16-18)28(34(4,30)31)17-24(33-23)25(29)27-20-12-8-9-13-22(20)32-19-10-6-5-7-11-19/h5-16,24H,17H2,1-4H3,(H,27,29). The maximum absolute atomic E-state index is 13.2. The maximum atomic E-state index is 13.2. The van der Waals surface area contributed by atoms with Crippen molar-refractivity contribution in [2.45, 2.75) is 32.3 Å². The third kappa shape index (κ3) is 5.17. The van der Waals surface area contributed by atoms with Gasteiger partial charge in [-0.2, -0.15) is 0 Å². The van der Waals surface area contributed by atoms with Gasteiger partial charge in [-0.1, -0.05) is 57.2 Å². The number of carbonyl (C=O) groups excluding carboxylic acids is 1. The molecule has 1 N–H and O–H groups in total. The third-order valence-corrected chi connectivity index (χ3v) is 6.65. The van der Waals surface area contributed by atoms with Crippen molar-refractivity contribution < 1.29 is 22.7 Å². The Morgan fingerprint density at radius 1 is 1.03 bits per heavy atom. The van der Waals surface area contributed by atoms with Gasteiger partial charge in [0, 0.05) is 0 Å². The summed E-state index contributed by atoms with van der Waals surface area (Å²) in [5, 5.41) is 2.83. The predicted molar refractivity (Wildman–Crippen MR) is 133 cm³/mol. The fraction of sp³-hybridized carbons (Fsp3) is 0.269. The second-order valence-corrected chi connectivity index (χ2v) is 11.1. The van der Waals surface area contributed by atoms with Crippen LogP contribution < -0.4 is 19.1 Å². The average molecular weight is 481 g/mol. The van der Waals surface area contributed by atoms with Crippen LogP contribution in [0.3, 0.4) is 0 Å². The van der Waals surface area contributed by atoms with Gasteiger partial charge in [-0.25, -0.2) is 8.42 Å². The molecule has 0 bridgehead atoms. The van der Waals surface area contributed by atoms with Crippen molar-refractivity contribution in [3.8, 4) is 17.2 Å². The van der Waals surface area contributed by atoms with E-state index in [0.717, 1.165) is 11.8 Å². The fourth-order valence-electron chi connectivity index (χ4n) is 3.66. The lowest BCUT2D eigenvalue weighted by Gasteiger charge is -2.35. The fourth-order valence-corrected chi connectivity index (χ4v) is 4.56. The molecule has 0 radical (unpaired) electrons. The summed E-state index contributed by atoms with van der Waals surface area (Å²) in [6.07, 6.45) is 0.0941. The Labute approximate surface area is 200 Å². The van der Waals surface area contributed by atoms with Crippen LogP contribution in [0, 0.1) is 0 Å². The quantitative estimate of drug-likeness (QED) is 0.559. The lowest BCUT2D eigenvalue weighted by atomic mass is 9.86. The van der Waals surface area contributed by atoms with Gasteiger partial charge in [0.1, 0.15) is 11.5 Å². The van der Waals surface area contributed by atoms with Crippen LogP contribution >= 0.6 is 0 Å². The summed E-state index contributed by atoms with van der Waals surface area (Å²) in [4.78, 5) is 13.2. The summed E-state index contributed by atoms with van der Waals surface area (Å²) < 4.78 is 38.3. The number of benzene rings is 3. The summed E-state index contributed by atoms with van der Waals surface area (Å²) >= 11 is 0. The molecule has 1 unspecified atom stereocenters. The van der Waals surface area contributed by atoms with Gasteiger partial charge in [0.05, 0.1) is 24.2 Å². The molecule has 1 aliphatic heterocycles. The highest BCUT2D eigenvalue weighted by Crippen LogP contribution is 2.39. The van der Waals surface area contributed by atoms with Crippen molar-refractivity contribution in [1.29, 1.82) is 0 Å². The van der Waals surface area contributed by atoms with Gasteiger partial charge in [0.15, 0.2) is 11.9 Å². The SMILES string of the molecule is CC(C)(C)c1ccc2c(c1)N(S(C)(=O)=O)CC(C(=O)Nc1ccccc1Oc1ccccc1)O2. The van der Waals surface area contributed by atoms with Crippen LogP contribution in [0.5, 0.6) is 17.2 Å². The monoisotopic (exact) mass is 480 g/mol. The number of sulfonamides is 1. The van der Waals surface area contributed by atoms with Gasteiger partial charge >= 0.3 is 0 Å². The molecule has 1 aliphatic rings. The zero-order valence-corrected chi connectivity index (χ0v) is 20.4.